The summed E-state index contributed by atoms with van der Waals surface area (Å²) in [6, 6.07) is 13.4. The van der Waals surface area contributed by atoms with E-state index in [1.54, 1.807) is 23.0 Å². The zero-order chi connectivity index (χ0) is 23.8. The number of nitrogens with one attached hydrogen (secondary N) is 2. The summed E-state index contributed by atoms with van der Waals surface area (Å²) in [5.74, 6) is 1.58. The van der Waals surface area contributed by atoms with Gasteiger partial charge in [0.05, 0.1) is 22.7 Å². The van der Waals surface area contributed by atoms with Gasteiger partial charge in [-0.15, -0.1) is 11.8 Å². The van der Waals surface area contributed by atoms with Crippen molar-refractivity contribution in [3.05, 3.63) is 66.2 Å². The molecule has 3 aromatic heterocycles. The molecule has 176 valence electrons. The molecule has 1 aromatic carbocycles. The quantitative estimate of drug-likeness (QED) is 0.414. The van der Waals surface area contributed by atoms with E-state index in [-0.39, 0.29) is 12.5 Å². The van der Waals surface area contributed by atoms with Gasteiger partial charge in [-0.05, 0) is 55.3 Å². The number of nitriles is 1. The Morgan fingerprint density at radius 1 is 1.20 bits per heavy atom. The van der Waals surface area contributed by atoms with Gasteiger partial charge >= 0.3 is 0 Å². The monoisotopic (exact) mass is 483 g/mol. The molecule has 0 unspecified atom stereocenters. The second kappa shape index (κ2) is 8.87. The van der Waals surface area contributed by atoms with Gasteiger partial charge in [-0.2, -0.15) is 10.4 Å². The fraction of sp³-hybridized carbons (Fsp3) is 0.308. The smallest absolute Gasteiger partial charge is 0.256 e. The topological polar surface area (TPSA) is 103 Å². The predicted molar refractivity (Wildman–Crippen MR) is 137 cm³/mol. The van der Waals surface area contributed by atoms with Crippen LogP contribution in [0.5, 0.6) is 0 Å². The molecule has 9 heteroatoms. The van der Waals surface area contributed by atoms with Gasteiger partial charge in [0.15, 0.2) is 0 Å². The first-order valence-electron chi connectivity index (χ1n) is 11.8. The van der Waals surface area contributed by atoms with E-state index >= 15 is 0 Å². The van der Waals surface area contributed by atoms with Crippen LogP contribution in [0.2, 0.25) is 0 Å². The molecule has 2 aliphatic rings. The van der Waals surface area contributed by atoms with Crippen molar-refractivity contribution in [1.29, 1.82) is 5.26 Å². The van der Waals surface area contributed by atoms with Crippen LogP contribution in [0, 0.1) is 11.3 Å². The third kappa shape index (κ3) is 4.20. The molecule has 2 N–H and O–H groups in total. The number of fused-ring (bicyclic) bond motifs is 1. The number of thioether (sulfide) groups is 1. The second-order valence-corrected chi connectivity index (χ2v) is 10.6. The number of benzene rings is 1. The van der Waals surface area contributed by atoms with Crippen molar-refractivity contribution in [1.82, 2.24) is 24.6 Å². The number of aromatic nitrogens is 4. The molecular weight excluding hydrogens is 458 g/mol. The van der Waals surface area contributed by atoms with E-state index in [2.05, 4.69) is 49.2 Å². The number of carbonyl (C=O) groups excluding carboxylic acids is 1. The van der Waals surface area contributed by atoms with Crippen LogP contribution in [0.3, 0.4) is 0 Å². The highest BCUT2D eigenvalue weighted by molar-refractivity contribution is 8.02. The fourth-order valence-electron chi connectivity index (χ4n) is 5.03. The summed E-state index contributed by atoms with van der Waals surface area (Å²) in [5.41, 5.74) is 4.55. The van der Waals surface area contributed by atoms with Gasteiger partial charge < -0.3 is 10.3 Å². The van der Waals surface area contributed by atoms with Gasteiger partial charge in [0, 0.05) is 47.2 Å². The number of pyridine rings is 1. The first kappa shape index (κ1) is 21.9. The maximum Gasteiger partial charge on any atom is 0.256 e. The number of hydrogen-bond acceptors (Lipinski definition) is 6. The summed E-state index contributed by atoms with van der Waals surface area (Å²) in [4.78, 5) is 23.8. The standard InChI is InChI=1S/C26H25N7OS/c27-8-10-33-16-21(15-29-33)18-2-4-19(5-3-18)25(34)31-24-13-23-20(14-28-24)12-22(30-23)17-32-9-1-6-26(32)7-11-35-26/h2-5,12-16,30H,1,6-7,9-11,17H2,(H,28,31,34)/t26-/m0/s1. The minimum absolute atomic E-state index is 0.207. The summed E-state index contributed by atoms with van der Waals surface area (Å²) in [6.45, 7) is 2.28. The Kier molecular flexibility index (Phi) is 5.55. The van der Waals surface area contributed by atoms with Crippen molar-refractivity contribution in [3.8, 4) is 17.2 Å². The van der Waals surface area contributed by atoms with E-state index in [1.807, 2.05) is 30.6 Å². The molecule has 1 spiro atoms. The van der Waals surface area contributed by atoms with Crippen LogP contribution in [0.1, 0.15) is 35.3 Å². The molecule has 5 heterocycles. The van der Waals surface area contributed by atoms with Crippen LogP contribution in [0.4, 0.5) is 5.82 Å². The summed E-state index contributed by atoms with van der Waals surface area (Å²) in [5, 5.41) is 16.9. The highest BCUT2D eigenvalue weighted by atomic mass is 32.2. The van der Waals surface area contributed by atoms with Crippen LogP contribution in [-0.4, -0.2) is 47.7 Å². The zero-order valence-corrected chi connectivity index (χ0v) is 20.0. The number of amides is 1. The minimum Gasteiger partial charge on any atom is -0.357 e. The van der Waals surface area contributed by atoms with E-state index in [9.17, 15) is 4.79 Å². The average molecular weight is 484 g/mol. The highest BCUT2D eigenvalue weighted by Gasteiger charge is 2.46. The van der Waals surface area contributed by atoms with Crippen molar-refractivity contribution in [2.45, 2.75) is 37.2 Å². The SMILES string of the molecule is N#CCn1cc(-c2ccc(C(=O)Nc3cc4[nH]c(CN5CCC[C@]56CCS6)cc4cn3)cc2)cn1. The van der Waals surface area contributed by atoms with Crippen LogP contribution in [0.15, 0.2) is 55.0 Å². The highest BCUT2D eigenvalue weighted by Crippen LogP contribution is 2.50. The number of nitrogens with zero attached hydrogens (tertiary/aromatic N) is 5. The van der Waals surface area contributed by atoms with Crippen LogP contribution < -0.4 is 5.32 Å². The number of likely N-dealkylation sites (tertiary alicyclic amines) is 1. The van der Waals surface area contributed by atoms with Gasteiger partial charge in [0.25, 0.3) is 5.91 Å². The Labute approximate surface area is 207 Å². The lowest BCUT2D eigenvalue weighted by Crippen LogP contribution is -2.46. The van der Waals surface area contributed by atoms with Gasteiger partial charge in [0.2, 0.25) is 0 Å². The number of anilines is 1. The molecule has 1 atom stereocenters. The van der Waals surface area contributed by atoms with E-state index in [0.717, 1.165) is 35.1 Å². The van der Waals surface area contributed by atoms with Crippen molar-refractivity contribution in [3.63, 3.8) is 0 Å². The van der Waals surface area contributed by atoms with Crippen LogP contribution >= 0.6 is 11.8 Å². The van der Waals surface area contributed by atoms with Gasteiger partial charge in [-0.1, -0.05) is 12.1 Å². The van der Waals surface area contributed by atoms with Crippen LogP contribution in [-0.2, 0) is 13.1 Å². The van der Waals surface area contributed by atoms with Gasteiger partial charge in [-0.25, -0.2) is 4.98 Å². The Bertz CT molecular complexity index is 1430. The number of hydrogen-bond donors (Lipinski definition) is 2. The minimum atomic E-state index is -0.212. The number of aromatic amines is 1. The molecular formula is C26H25N7OS. The molecule has 2 saturated heterocycles. The molecule has 2 aliphatic heterocycles. The predicted octanol–water partition coefficient (Wildman–Crippen LogP) is 4.63. The number of H-pyrrole nitrogens is 1. The Hall–Kier alpha value is -3.61. The molecule has 6 rings (SSSR count). The Morgan fingerprint density at radius 3 is 2.83 bits per heavy atom. The lowest BCUT2D eigenvalue weighted by Gasteiger charge is -2.45. The van der Waals surface area contributed by atoms with Crippen molar-refractivity contribution >= 4 is 34.4 Å². The fourth-order valence-corrected chi connectivity index (χ4v) is 6.34. The third-order valence-electron chi connectivity index (χ3n) is 6.94. The van der Waals surface area contributed by atoms with E-state index in [0.29, 0.717) is 16.3 Å². The molecule has 0 radical (unpaired) electrons. The second-order valence-electron chi connectivity index (χ2n) is 9.14. The van der Waals surface area contributed by atoms with Gasteiger partial charge in [-0.3, -0.25) is 14.4 Å². The Morgan fingerprint density at radius 2 is 2.06 bits per heavy atom. The van der Waals surface area contributed by atoms with E-state index in [4.69, 9.17) is 5.26 Å². The normalized spacial score (nSPS) is 19.6. The summed E-state index contributed by atoms with van der Waals surface area (Å²) < 4.78 is 1.58. The summed E-state index contributed by atoms with van der Waals surface area (Å²) in [6.07, 6.45) is 9.20. The molecule has 35 heavy (non-hydrogen) atoms. The lowest BCUT2D eigenvalue weighted by molar-refractivity contribution is 0.102. The third-order valence-corrected chi connectivity index (χ3v) is 8.56. The average Bonchev–Trinajstić information content (AvgIpc) is 3.57. The largest absolute Gasteiger partial charge is 0.357 e. The van der Waals surface area contributed by atoms with E-state index in [1.165, 1.54) is 30.7 Å². The maximum absolute atomic E-state index is 12.8. The Balaban J connectivity index is 1.13. The molecule has 2 fully saturated rings. The number of rotatable bonds is 6. The van der Waals surface area contributed by atoms with Gasteiger partial charge in [0.1, 0.15) is 12.4 Å². The molecule has 0 saturated carbocycles. The number of carbonyl (C=O) groups is 1. The first-order valence-corrected chi connectivity index (χ1v) is 12.8. The molecule has 0 aliphatic carbocycles. The summed E-state index contributed by atoms with van der Waals surface area (Å²) in [7, 11) is 0. The van der Waals surface area contributed by atoms with Crippen LogP contribution in [0.25, 0.3) is 22.0 Å². The molecule has 0 bridgehead atoms. The zero-order valence-electron chi connectivity index (χ0n) is 19.2. The van der Waals surface area contributed by atoms with Crippen molar-refractivity contribution in [2.24, 2.45) is 0 Å². The molecule has 1 amide bonds. The van der Waals surface area contributed by atoms with Crippen molar-refractivity contribution < 1.29 is 4.79 Å². The molecule has 8 nitrogen and oxygen atoms in total. The van der Waals surface area contributed by atoms with E-state index < -0.39 is 0 Å². The maximum atomic E-state index is 12.8. The first-order chi connectivity index (χ1) is 17.1. The molecule has 4 aromatic rings. The summed E-state index contributed by atoms with van der Waals surface area (Å²) >= 11 is 2.10. The lowest BCUT2D eigenvalue weighted by atomic mass is 10.1. The van der Waals surface area contributed by atoms with Crippen molar-refractivity contribution in [2.75, 3.05) is 17.6 Å².